The summed E-state index contributed by atoms with van der Waals surface area (Å²) in [6.45, 7) is 6.80. The van der Waals surface area contributed by atoms with E-state index in [4.69, 9.17) is 9.84 Å². The standard InChI is InChI=1S/C14H26N2O4/c1-10(12(17)18)15(4)13(19)14(2,3)16-8-6-11(20-5)7-9-16/h10-11H,6-9H2,1-5H3,(H,17,18)/t10-/m1/s1. The Bertz CT molecular complexity index is 362. The van der Waals surface area contributed by atoms with Crippen LogP contribution in [-0.4, -0.2) is 71.7 Å². The number of amides is 1. The van der Waals surface area contributed by atoms with Crippen molar-refractivity contribution in [2.75, 3.05) is 27.2 Å². The van der Waals surface area contributed by atoms with Crippen molar-refractivity contribution in [1.29, 1.82) is 0 Å². The lowest BCUT2D eigenvalue weighted by molar-refractivity contribution is -0.154. The van der Waals surface area contributed by atoms with Gasteiger partial charge in [-0.1, -0.05) is 0 Å². The van der Waals surface area contributed by atoms with Crippen LogP contribution in [0, 0.1) is 0 Å². The highest BCUT2D eigenvalue weighted by molar-refractivity contribution is 5.89. The van der Waals surface area contributed by atoms with E-state index in [1.165, 1.54) is 11.8 Å². The first-order valence-electron chi connectivity index (χ1n) is 6.99. The van der Waals surface area contributed by atoms with Crippen LogP contribution < -0.4 is 0 Å². The Kier molecular flexibility index (Phi) is 5.53. The molecule has 6 nitrogen and oxygen atoms in total. The molecule has 0 aromatic rings. The summed E-state index contributed by atoms with van der Waals surface area (Å²) < 4.78 is 5.33. The molecule has 0 spiro atoms. The van der Waals surface area contributed by atoms with Gasteiger partial charge >= 0.3 is 5.97 Å². The number of carbonyl (C=O) groups excluding carboxylic acids is 1. The van der Waals surface area contributed by atoms with Gasteiger partial charge < -0.3 is 14.7 Å². The van der Waals surface area contributed by atoms with E-state index in [1.807, 2.05) is 13.8 Å². The van der Waals surface area contributed by atoms with Crippen molar-refractivity contribution >= 4 is 11.9 Å². The topological polar surface area (TPSA) is 70.1 Å². The molecule has 0 aromatic heterocycles. The molecule has 0 bridgehead atoms. The molecule has 20 heavy (non-hydrogen) atoms. The maximum Gasteiger partial charge on any atom is 0.326 e. The van der Waals surface area contributed by atoms with Gasteiger partial charge in [-0.2, -0.15) is 0 Å². The number of nitrogens with zero attached hydrogens (tertiary/aromatic N) is 2. The maximum absolute atomic E-state index is 12.6. The maximum atomic E-state index is 12.6. The number of rotatable bonds is 5. The van der Waals surface area contributed by atoms with Gasteiger partial charge in [-0.15, -0.1) is 0 Å². The van der Waals surface area contributed by atoms with E-state index in [-0.39, 0.29) is 12.0 Å². The molecule has 116 valence electrons. The number of carboxylic acid groups (broad SMARTS) is 1. The van der Waals surface area contributed by atoms with E-state index in [9.17, 15) is 9.59 Å². The van der Waals surface area contributed by atoms with Crippen LogP contribution in [0.3, 0.4) is 0 Å². The zero-order chi connectivity index (χ0) is 15.5. The molecule has 1 rings (SSSR count). The lowest BCUT2D eigenvalue weighted by Crippen LogP contribution is -2.59. The van der Waals surface area contributed by atoms with Gasteiger partial charge in [-0.25, -0.2) is 4.79 Å². The lowest BCUT2D eigenvalue weighted by atomic mass is 9.95. The molecule has 0 radical (unpaired) electrons. The van der Waals surface area contributed by atoms with Crippen molar-refractivity contribution in [1.82, 2.24) is 9.80 Å². The zero-order valence-corrected chi connectivity index (χ0v) is 13.0. The molecular weight excluding hydrogens is 260 g/mol. The monoisotopic (exact) mass is 286 g/mol. The van der Waals surface area contributed by atoms with Crippen LogP contribution in [0.25, 0.3) is 0 Å². The third kappa shape index (κ3) is 3.49. The largest absolute Gasteiger partial charge is 0.480 e. The molecule has 0 unspecified atom stereocenters. The summed E-state index contributed by atoms with van der Waals surface area (Å²) in [5.74, 6) is -1.15. The molecule has 1 fully saturated rings. The number of hydrogen-bond donors (Lipinski definition) is 1. The number of carbonyl (C=O) groups is 2. The molecule has 1 aliphatic heterocycles. The summed E-state index contributed by atoms with van der Waals surface area (Å²) in [6, 6.07) is -0.821. The van der Waals surface area contributed by atoms with Crippen molar-refractivity contribution in [3.8, 4) is 0 Å². The third-order valence-corrected chi connectivity index (χ3v) is 4.35. The van der Waals surface area contributed by atoms with Gasteiger partial charge in [-0.3, -0.25) is 9.69 Å². The van der Waals surface area contributed by atoms with Crippen molar-refractivity contribution < 1.29 is 19.4 Å². The first-order valence-corrected chi connectivity index (χ1v) is 6.99. The molecule has 1 aliphatic rings. The Morgan fingerprint density at radius 1 is 1.35 bits per heavy atom. The Morgan fingerprint density at radius 2 is 1.85 bits per heavy atom. The van der Waals surface area contributed by atoms with Crippen LogP contribution in [-0.2, 0) is 14.3 Å². The second-order valence-corrected chi connectivity index (χ2v) is 5.91. The quantitative estimate of drug-likeness (QED) is 0.810. The second kappa shape index (κ2) is 6.54. The number of carboxylic acids is 1. The van der Waals surface area contributed by atoms with Crippen molar-refractivity contribution in [3.63, 3.8) is 0 Å². The molecule has 1 heterocycles. The summed E-state index contributed by atoms with van der Waals surface area (Å²) in [4.78, 5) is 27.0. The van der Waals surface area contributed by atoms with Crippen LogP contribution in [0.15, 0.2) is 0 Å². The van der Waals surface area contributed by atoms with Crippen LogP contribution in [0.2, 0.25) is 0 Å². The number of methoxy groups -OCH3 is 1. The van der Waals surface area contributed by atoms with Gasteiger partial charge in [0.15, 0.2) is 0 Å². The third-order valence-electron chi connectivity index (χ3n) is 4.35. The molecular formula is C14H26N2O4. The number of likely N-dealkylation sites (N-methyl/N-ethyl adjacent to an activating group) is 1. The fourth-order valence-corrected chi connectivity index (χ4v) is 2.56. The molecule has 6 heteroatoms. The Hall–Kier alpha value is -1.14. The highest BCUT2D eigenvalue weighted by Crippen LogP contribution is 2.24. The molecule has 1 atom stereocenters. The lowest BCUT2D eigenvalue weighted by Gasteiger charge is -2.43. The van der Waals surface area contributed by atoms with Gasteiger partial charge in [0.25, 0.3) is 0 Å². The van der Waals surface area contributed by atoms with E-state index in [0.717, 1.165) is 25.9 Å². The molecule has 1 amide bonds. The minimum absolute atomic E-state index is 0.164. The van der Waals surface area contributed by atoms with Gasteiger partial charge in [0.05, 0.1) is 11.6 Å². The van der Waals surface area contributed by atoms with Crippen molar-refractivity contribution in [3.05, 3.63) is 0 Å². The van der Waals surface area contributed by atoms with E-state index in [0.29, 0.717) is 0 Å². The minimum atomic E-state index is -0.991. The molecule has 0 aromatic carbocycles. The molecule has 0 aliphatic carbocycles. The molecule has 1 saturated heterocycles. The summed E-state index contributed by atoms with van der Waals surface area (Å²) in [5.41, 5.74) is -0.697. The first-order chi connectivity index (χ1) is 9.21. The van der Waals surface area contributed by atoms with Crippen LogP contribution in [0.1, 0.15) is 33.6 Å². The average Bonchev–Trinajstić information content (AvgIpc) is 2.44. The van der Waals surface area contributed by atoms with E-state index in [2.05, 4.69) is 4.90 Å². The first kappa shape index (κ1) is 16.9. The van der Waals surface area contributed by atoms with Gasteiger partial charge in [0.2, 0.25) is 5.91 Å². The van der Waals surface area contributed by atoms with Crippen molar-refractivity contribution in [2.45, 2.75) is 51.3 Å². The fourth-order valence-electron chi connectivity index (χ4n) is 2.56. The number of piperidine rings is 1. The predicted octanol–water partition coefficient (Wildman–Crippen LogP) is 0.807. The van der Waals surface area contributed by atoms with E-state index < -0.39 is 17.6 Å². The van der Waals surface area contributed by atoms with Crippen LogP contribution in [0.5, 0.6) is 0 Å². The summed E-state index contributed by atoms with van der Waals surface area (Å²) in [7, 11) is 3.25. The van der Waals surface area contributed by atoms with Crippen LogP contribution >= 0.6 is 0 Å². The van der Waals surface area contributed by atoms with Crippen molar-refractivity contribution in [2.24, 2.45) is 0 Å². The van der Waals surface area contributed by atoms with E-state index >= 15 is 0 Å². The zero-order valence-electron chi connectivity index (χ0n) is 13.0. The normalized spacial score (nSPS) is 19.6. The minimum Gasteiger partial charge on any atom is -0.480 e. The summed E-state index contributed by atoms with van der Waals surface area (Å²) in [6.07, 6.45) is 2.05. The summed E-state index contributed by atoms with van der Waals surface area (Å²) >= 11 is 0. The number of hydrogen-bond acceptors (Lipinski definition) is 4. The molecule has 1 N–H and O–H groups in total. The van der Waals surface area contributed by atoms with Gasteiger partial charge in [0, 0.05) is 27.2 Å². The smallest absolute Gasteiger partial charge is 0.326 e. The van der Waals surface area contributed by atoms with Crippen LogP contribution in [0.4, 0.5) is 0 Å². The number of aliphatic carboxylic acids is 1. The van der Waals surface area contributed by atoms with Gasteiger partial charge in [-0.05, 0) is 33.6 Å². The highest BCUT2D eigenvalue weighted by atomic mass is 16.5. The Labute approximate surface area is 120 Å². The van der Waals surface area contributed by atoms with Gasteiger partial charge in [0.1, 0.15) is 6.04 Å². The summed E-state index contributed by atoms with van der Waals surface area (Å²) in [5, 5.41) is 9.02. The predicted molar refractivity (Wildman–Crippen MR) is 75.6 cm³/mol. The number of likely N-dealkylation sites (tertiary alicyclic amines) is 1. The SMILES string of the molecule is COC1CCN(C(C)(C)C(=O)N(C)[C@H](C)C(=O)O)CC1. The molecule has 0 saturated carbocycles. The Balaban J connectivity index is 2.72. The highest BCUT2D eigenvalue weighted by Gasteiger charge is 2.40. The number of ether oxygens (including phenoxy) is 1. The average molecular weight is 286 g/mol. The fraction of sp³-hybridized carbons (Fsp3) is 0.857. The Morgan fingerprint density at radius 3 is 2.25 bits per heavy atom. The second-order valence-electron chi connectivity index (χ2n) is 5.91. The van der Waals surface area contributed by atoms with E-state index in [1.54, 1.807) is 14.2 Å².